The van der Waals surface area contributed by atoms with Crippen molar-refractivity contribution in [1.82, 2.24) is 10.2 Å². The lowest BCUT2D eigenvalue weighted by molar-refractivity contribution is -0.143. The number of anilines is 1. The molecule has 0 fully saturated rings. The van der Waals surface area contributed by atoms with Gasteiger partial charge in [0.25, 0.3) is 11.8 Å². The third-order valence-electron chi connectivity index (χ3n) is 4.89. The fourth-order valence-corrected chi connectivity index (χ4v) is 3.29. The smallest absolute Gasteiger partial charge is 0.270 e. The lowest BCUT2D eigenvalue weighted by atomic mass is 10.1. The van der Waals surface area contributed by atoms with E-state index in [1.165, 1.54) is 4.90 Å². The Morgan fingerprint density at radius 2 is 2.07 bits per heavy atom. The van der Waals surface area contributed by atoms with E-state index < -0.39 is 12.1 Å². The topological polar surface area (TPSA) is 144 Å². The third-order valence-corrected chi connectivity index (χ3v) is 4.89. The molecule has 9 heteroatoms. The summed E-state index contributed by atoms with van der Waals surface area (Å²) in [5.74, 6) is -0.158. The van der Waals surface area contributed by atoms with Gasteiger partial charge in [0.05, 0.1) is 7.11 Å². The van der Waals surface area contributed by atoms with Gasteiger partial charge in [-0.05, 0) is 42.3 Å². The summed E-state index contributed by atoms with van der Waals surface area (Å²) in [5.41, 5.74) is 14.3. The first-order chi connectivity index (χ1) is 14.3. The molecule has 0 aliphatic carbocycles. The number of nitrogens with two attached hydrogens (primary N) is 2. The molecule has 9 nitrogen and oxygen atoms in total. The van der Waals surface area contributed by atoms with Gasteiger partial charge in [-0.3, -0.25) is 15.0 Å². The number of amidine groups is 1. The largest absolute Gasteiger partial charge is 0.497 e. The average Bonchev–Trinajstić information content (AvgIpc) is 3.06. The van der Waals surface area contributed by atoms with Crippen molar-refractivity contribution in [3.8, 4) is 5.75 Å². The van der Waals surface area contributed by atoms with Crippen LogP contribution in [0.4, 0.5) is 5.69 Å². The van der Waals surface area contributed by atoms with E-state index in [1.807, 2.05) is 0 Å². The van der Waals surface area contributed by atoms with Crippen LogP contribution in [-0.2, 0) is 22.6 Å². The monoisotopic (exact) mass is 411 g/mol. The Hall–Kier alpha value is -3.59. The number of nitrogens with zero attached hydrogens (tertiary/aromatic N) is 1. The highest BCUT2D eigenvalue weighted by Gasteiger charge is 2.37. The molecule has 0 unspecified atom stereocenters. The van der Waals surface area contributed by atoms with Crippen molar-refractivity contribution in [1.29, 1.82) is 5.41 Å². The molecule has 6 N–H and O–H groups in total. The van der Waals surface area contributed by atoms with Crippen LogP contribution in [0, 0.1) is 5.41 Å². The molecular weight excluding hydrogens is 386 g/mol. The van der Waals surface area contributed by atoms with Crippen LogP contribution in [0.3, 0.4) is 0 Å². The summed E-state index contributed by atoms with van der Waals surface area (Å²) in [4.78, 5) is 27.1. The predicted octanol–water partition coefficient (Wildman–Crippen LogP) is 1.20. The van der Waals surface area contributed by atoms with E-state index in [0.29, 0.717) is 28.1 Å². The van der Waals surface area contributed by atoms with Gasteiger partial charge in [-0.25, -0.2) is 0 Å². The van der Waals surface area contributed by atoms with E-state index in [0.717, 1.165) is 5.56 Å². The van der Waals surface area contributed by atoms with E-state index >= 15 is 0 Å². The maximum Gasteiger partial charge on any atom is 0.270 e. The Bertz CT molecular complexity index is 991. The quantitative estimate of drug-likeness (QED) is 0.292. The molecule has 1 aliphatic rings. The number of carbonyl (C=O) groups excluding carboxylic acids is 2. The van der Waals surface area contributed by atoms with Crippen molar-refractivity contribution in [3.05, 3.63) is 58.7 Å². The van der Waals surface area contributed by atoms with E-state index in [2.05, 4.69) is 5.32 Å². The number of hydrogen-bond acceptors (Lipinski definition) is 6. The zero-order valence-corrected chi connectivity index (χ0v) is 16.9. The summed E-state index contributed by atoms with van der Waals surface area (Å²) in [6.07, 6.45) is -1.07. The Kier molecular flexibility index (Phi) is 6.22. The first kappa shape index (κ1) is 21.1. The van der Waals surface area contributed by atoms with Crippen molar-refractivity contribution in [2.24, 2.45) is 5.73 Å². The van der Waals surface area contributed by atoms with Crippen LogP contribution in [0.2, 0.25) is 0 Å². The molecule has 2 aromatic carbocycles. The molecule has 1 atom stereocenters. The SMILES string of the molecule is CCO[C@@H](C(=O)NCc1ccc(C(=N)N)cc1N)N1Cc2cc(OC)ccc2C1=O. The molecule has 158 valence electrons. The van der Waals surface area contributed by atoms with Crippen molar-refractivity contribution < 1.29 is 19.1 Å². The van der Waals surface area contributed by atoms with Crippen molar-refractivity contribution in [2.45, 2.75) is 26.2 Å². The minimum absolute atomic E-state index is 0.0857. The van der Waals surface area contributed by atoms with Crippen molar-refractivity contribution in [3.63, 3.8) is 0 Å². The molecule has 1 heterocycles. The summed E-state index contributed by atoms with van der Waals surface area (Å²) in [5, 5.41) is 10.2. The molecule has 0 bridgehead atoms. The number of benzene rings is 2. The maximum atomic E-state index is 12.9. The van der Waals surface area contributed by atoms with Gasteiger partial charge in [-0.2, -0.15) is 0 Å². The maximum absolute atomic E-state index is 12.9. The zero-order chi connectivity index (χ0) is 21.8. The van der Waals surface area contributed by atoms with Crippen LogP contribution in [0.15, 0.2) is 36.4 Å². The van der Waals surface area contributed by atoms with E-state index in [-0.39, 0.29) is 31.4 Å². The van der Waals surface area contributed by atoms with Gasteiger partial charge in [0, 0.05) is 36.5 Å². The highest BCUT2D eigenvalue weighted by Crippen LogP contribution is 2.28. The molecule has 0 spiro atoms. The molecule has 30 heavy (non-hydrogen) atoms. The fraction of sp³-hybridized carbons (Fsp3) is 0.286. The molecule has 3 rings (SSSR count). The van der Waals surface area contributed by atoms with Crippen LogP contribution in [-0.4, -0.2) is 42.5 Å². The Morgan fingerprint density at radius 3 is 2.70 bits per heavy atom. The highest BCUT2D eigenvalue weighted by atomic mass is 16.5. The molecule has 0 aromatic heterocycles. The second-order valence-electron chi connectivity index (χ2n) is 6.81. The second-order valence-corrected chi connectivity index (χ2v) is 6.81. The van der Waals surface area contributed by atoms with Gasteiger partial charge in [0.2, 0.25) is 6.23 Å². The molecular formula is C21H25N5O4. The van der Waals surface area contributed by atoms with Gasteiger partial charge >= 0.3 is 0 Å². The molecule has 0 radical (unpaired) electrons. The van der Waals surface area contributed by atoms with Gasteiger partial charge in [0.15, 0.2) is 0 Å². The number of nitrogens with one attached hydrogen (secondary N) is 2. The van der Waals surface area contributed by atoms with Gasteiger partial charge in [-0.15, -0.1) is 0 Å². The molecule has 0 saturated carbocycles. The number of carbonyl (C=O) groups is 2. The molecule has 2 aromatic rings. The fourth-order valence-electron chi connectivity index (χ4n) is 3.29. The predicted molar refractivity (Wildman–Crippen MR) is 112 cm³/mol. The summed E-state index contributed by atoms with van der Waals surface area (Å²) >= 11 is 0. The number of nitrogen functional groups attached to an aromatic ring is 2. The second kappa shape index (κ2) is 8.83. The van der Waals surface area contributed by atoms with Crippen LogP contribution < -0.4 is 21.5 Å². The lowest BCUT2D eigenvalue weighted by Crippen LogP contribution is -2.48. The Labute approximate surface area is 174 Å². The average molecular weight is 411 g/mol. The number of fused-ring (bicyclic) bond motifs is 1. The first-order valence-corrected chi connectivity index (χ1v) is 9.45. The van der Waals surface area contributed by atoms with E-state index in [4.69, 9.17) is 26.4 Å². The Balaban J connectivity index is 1.73. The minimum Gasteiger partial charge on any atom is -0.497 e. The van der Waals surface area contributed by atoms with Gasteiger partial charge in [0.1, 0.15) is 11.6 Å². The molecule has 0 saturated heterocycles. The Morgan fingerprint density at radius 1 is 1.30 bits per heavy atom. The molecule has 1 aliphatic heterocycles. The van der Waals surface area contributed by atoms with Crippen molar-refractivity contribution >= 4 is 23.3 Å². The van der Waals surface area contributed by atoms with Crippen LogP contribution in [0.1, 0.15) is 34.0 Å². The zero-order valence-electron chi connectivity index (χ0n) is 16.9. The van der Waals surface area contributed by atoms with Crippen LogP contribution >= 0.6 is 0 Å². The normalized spacial score (nSPS) is 13.7. The number of ether oxygens (including phenoxy) is 2. The van der Waals surface area contributed by atoms with Gasteiger partial charge in [-0.1, -0.05) is 12.1 Å². The lowest BCUT2D eigenvalue weighted by Gasteiger charge is -2.26. The number of rotatable bonds is 8. The summed E-state index contributed by atoms with van der Waals surface area (Å²) < 4.78 is 10.8. The van der Waals surface area contributed by atoms with E-state index in [9.17, 15) is 9.59 Å². The van der Waals surface area contributed by atoms with Crippen LogP contribution in [0.5, 0.6) is 5.75 Å². The molecule has 2 amide bonds. The number of hydrogen-bond donors (Lipinski definition) is 4. The third kappa shape index (κ3) is 4.20. The standard InChI is InChI=1S/C21H25N5O4/c1-3-30-21(26-11-14-8-15(29-2)6-7-16(14)20(26)28)19(27)25-10-13-5-4-12(18(23)24)9-17(13)22/h4-9,21H,3,10-11,22H2,1-2H3,(H3,23,24)(H,25,27)/t21-/m0/s1. The van der Waals surface area contributed by atoms with Gasteiger partial charge < -0.3 is 31.2 Å². The van der Waals surface area contributed by atoms with Crippen LogP contribution in [0.25, 0.3) is 0 Å². The van der Waals surface area contributed by atoms with Crippen molar-refractivity contribution in [2.75, 3.05) is 19.5 Å². The summed E-state index contributed by atoms with van der Waals surface area (Å²) in [6, 6.07) is 10.1. The first-order valence-electron chi connectivity index (χ1n) is 9.45. The summed E-state index contributed by atoms with van der Waals surface area (Å²) in [7, 11) is 1.56. The number of amides is 2. The van der Waals surface area contributed by atoms with E-state index in [1.54, 1.807) is 50.4 Å². The summed E-state index contributed by atoms with van der Waals surface area (Å²) in [6.45, 7) is 2.42. The minimum atomic E-state index is -1.07. The highest BCUT2D eigenvalue weighted by molar-refractivity contribution is 6.01. The number of methoxy groups -OCH3 is 1.